The summed E-state index contributed by atoms with van der Waals surface area (Å²) in [5.74, 6) is 0.544. The zero-order valence-electron chi connectivity index (χ0n) is 7.85. The van der Waals surface area contributed by atoms with E-state index >= 15 is 0 Å². The molecule has 0 saturated heterocycles. The van der Waals surface area contributed by atoms with Crippen molar-refractivity contribution in [2.75, 3.05) is 0 Å². The number of aromatic nitrogens is 1. The van der Waals surface area contributed by atoms with Crippen molar-refractivity contribution in [1.82, 2.24) is 4.98 Å². The minimum Gasteiger partial charge on any atom is -0.243 e. The number of halogens is 2. The Bertz CT molecular complexity index is 282. The smallest absolute Gasteiger partial charge is 0.147 e. The van der Waals surface area contributed by atoms with Crippen molar-refractivity contribution in [2.45, 2.75) is 32.6 Å². The van der Waals surface area contributed by atoms with Crippen molar-refractivity contribution in [3.8, 4) is 0 Å². The third kappa shape index (κ3) is 2.58. The second-order valence-electron chi connectivity index (χ2n) is 3.05. The van der Waals surface area contributed by atoms with Gasteiger partial charge in [0.2, 0.25) is 0 Å². The fourth-order valence-electron chi connectivity index (χ4n) is 1.42. The zero-order chi connectivity index (χ0) is 9.84. The van der Waals surface area contributed by atoms with Crippen LogP contribution in [0, 0.1) is 0 Å². The summed E-state index contributed by atoms with van der Waals surface area (Å²) >= 11 is 11.6. The molecule has 0 unspecified atom stereocenters. The van der Waals surface area contributed by atoms with Crippen LogP contribution in [0.3, 0.4) is 0 Å². The molecule has 0 aliphatic carbocycles. The van der Waals surface area contributed by atoms with Gasteiger partial charge in [-0.2, -0.15) is 0 Å². The molecule has 0 bridgehead atoms. The van der Waals surface area contributed by atoms with Crippen molar-refractivity contribution in [2.24, 2.45) is 0 Å². The van der Waals surface area contributed by atoms with Crippen LogP contribution in [0.4, 0.5) is 0 Å². The molecule has 0 aromatic carbocycles. The highest BCUT2D eigenvalue weighted by molar-refractivity contribution is 6.41. The van der Waals surface area contributed by atoms with E-state index in [4.69, 9.17) is 23.2 Å². The van der Waals surface area contributed by atoms with E-state index in [0.29, 0.717) is 16.1 Å². The molecule has 0 fully saturated rings. The molecule has 0 N–H and O–H groups in total. The molecular formula is C10H13Cl2N. The molecule has 13 heavy (non-hydrogen) atoms. The SMILES string of the molecule is CCC(CC)c1cnc(Cl)c(Cl)c1. The Morgan fingerprint density at radius 1 is 1.31 bits per heavy atom. The molecule has 1 aromatic heterocycles. The topological polar surface area (TPSA) is 12.9 Å². The van der Waals surface area contributed by atoms with Gasteiger partial charge in [-0.05, 0) is 30.4 Å². The first kappa shape index (κ1) is 10.8. The maximum Gasteiger partial charge on any atom is 0.147 e. The lowest BCUT2D eigenvalue weighted by atomic mass is 9.96. The zero-order valence-corrected chi connectivity index (χ0v) is 9.36. The molecule has 0 aliphatic heterocycles. The highest BCUT2D eigenvalue weighted by atomic mass is 35.5. The van der Waals surface area contributed by atoms with Crippen molar-refractivity contribution >= 4 is 23.2 Å². The van der Waals surface area contributed by atoms with E-state index in [2.05, 4.69) is 18.8 Å². The number of nitrogens with zero attached hydrogens (tertiary/aromatic N) is 1. The van der Waals surface area contributed by atoms with Crippen LogP contribution in [0.5, 0.6) is 0 Å². The highest BCUT2D eigenvalue weighted by Gasteiger charge is 2.09. The Morgan fingerprint density at radius 2 is 1.92 bits per heavy atom. The Labute approximate surface area is 89.1 Å². The van der Waals surface area contributed by atoms with E-state index in [1.165, 1.54) is 5.56 Å². The van der Waals surface area contributed by atoms with Crippen LogP contribution in [0.1, 0.15) is 38.2 Å². The standard InChI is InChI=1S/C10H13Cl2N/c1-3-7(4-2)8-5-9(11)10(12)13-6-8/h5-7H,3-4H2,1-2H3. The van der Waals surface area contributed by atoms with Crippen LogP contribution in [0.2, 0.25) is 10.2 Å². The monoisotopic (exact) mass is 217 g/mol. The largest absolute Gasteiger partial charge is 0.243 e. The van der Waals surface area contributed by atoms with E-state index < -0.39 is 0 Å². The van der Waals surface area contributed by atoms with Crippen LogP contribution in [-0.2, 0) is 0 Å². The first-order chi connectivity index (χ1) is 6.19. The molecule has 0 radical (unpaired) electrons. The van der Waals surface area contributed by atoms with Crippen LogP contribution >= 0.6 is 23.2 Å². The Hall–Kier alpha value is -0.270. The predicted molar refractivity (Wildman–Crippen MR) is 57.6 cm³/mol. The van der Waals surface area contributed by atoms with Gasteiger partial charge in [0.05, 0.1) is 5.02 Å². The van der Waals surface area contributed by atoms with Crippen LogP contribution < -0.4 is 0 Å². The van der Waals surface area contributed by atoms with Crippen LogP contribution in [0.25, 0.3) is 0 Å². The molecule has 3 heteroatoms. The lowest BCUT2D eigenvalue weighted by molar-refractivity contribution is 0.639. The molecule has 72 valence electrons. The maximum atomic E-state index is 5.88. The van der Waals surface area contributed by atoms with E-state index in [1.54, 1.807) is 0 Å². The molecule has 0 saturated carbocycles. The average molecular weight is 218 g/mol. The van der Waals surface area contributed by atoms with E-state index in [1.807, 2.05) is 12.3 Å². The molecule has 0 amide bonds. The van der Waals surface area contributed by atoms with Gasteiger partial charge in [-0.25, -0.2) is 4.98 Å². The molecule has 1 aromatic rings. The molecule has 0 atom stereocenters. The van der Waals surface area contributed by atoms with Crippen molar-refractivity contribution in [1.29, 1.82) is 0 Å². The summed E-state index contributed by atoms with van der Waals surface area (Å²) in [4.78, 5) is 4.03. The van der Waals surface area contributed by atoms with Gasteiger partial charge in [0, 0.05) is 6.20 Å². The van der Waals surface area contributed by atoms with Gasteiger partial charge in [0.25, 0.3) is 0 Å². The average Bonchev–Trinajstić information content (AvgIpc) is 2.13. The fraction of sp³-hybridized carbons (Fsp3) is 0.500. The van der Waals surface area contributed by atoms with Crippen molar-refractivity contribution in [3.63, 3.8) is 0 Å². The lowest BCUT2D eigenvalue weighted by Gasteiger charge is -2.12. The summed E-state index contributed by atoms with van der Waals surface area (Å²) in [5.41, 5.74) is 1.18. The van der Waals surface area contributed by atoms with Gasteiger partial charge in [0.1, 0.15) is 5.15 Å². The number of hydrogen-bond donors (Lipinski definition) is 0. The molecule has 0 aliphatic rings. The van der Waals surface area contributed by atoms with E-state index in [-0.39, 0.29) is 0 Å². The van der Waals surface area contributed by atoms with Gasteiger partial charge >= 0.3 is 0 Å². The normalized spacial score (nSPS) is 10.8. The van der Waals surface area contributed by atoms with Crippen LogP contribution in [-0.4, -0.2) is 4.98 Å². The molecule has 1 heterocycles. The van der Waals surface area contributed by atoms with Crippen LogP contribution in [0.15, 0.2) is 12.3 Å². The van der Waals surface area contributed by atoms with Crippen molar-refractivity contribution in [3.05, 3.63) is 28.0 Å². The number of hydrogen-bond acceptors (Lipinski definition) is 1. The molecule has 0 spiro atoms. The number of rotatable bonds is 3. The number of pyridine rings is 1. The van der Waals surface area contributed by atoms with E-state index in [0.717, 1.165) is 12.8 Å². The summed E-state index contributed by atoms with van der Waals surface area (Å²) < 4.78 is 0. The third-order valence-corrected chi connectivity index (χ3v) is 2.96. The van der Waals surface area contributed by atoms with Gasteiger partial charge < -0.3 is 0 Å². The summed E-state index contributed by atoms with van der Waals surface area (Å²) in [6.45, 7) is 4.33. The quantitative estimate of drug-likeness (QED) is 0.689. The molecule has 1 rings (SSSR count). The summed E-state index contributed by atoms with van der Waals surface area (Å²) in [6.07, 6.45) is 4.03. The Kier molecular flexibility index (Phi) is 4.01. The minimum atomic E-state index is 0.386. The molecule has 1 nitrogen and oxygen atoms in total. The van der Waals surface area contributed by atoms with Gasteiger partial charge in [-0.1, -0.05) is 37.0 Å². The predicted octanol–water partition coefficient (Wildman–Crippen LogP) is 4.29. The second-order valence-corrected chi connectivity index (χ2v) is 3.82. The third-order valence-electron chi connectivity index (χ3n) is 2.27. The summed E-state index contributed by atoms with van der Waals surface area (Å²) in [5, 5.41) is 0.933. The Morgan fingerprint density at radius 3 is 2.38 bits per heavy atom. The lowest BCUT2D eigenvalue weighted by Crippen LogP contribution is -1.96. The van der Waals surface area contributed by atoms with Crippen molar-refractivity contribution < 1.29 is 0 Å². The van der Waals surface area contributed by atoms with Gasteiger partial charge in [0.15, 0.2) is 0 Å². The summed E-state index contributed by atoms with van der Waals surface area (Å²) in [7, 11) is 0. The first-order valence-corrected chi connectivity index (χ1v) is 5.25. The fourth-order valence-corrected chi connectivity index (χ4v) is 1.70. The molecular weight excluding hydrogens is 205 g/mol. The first-order valence-electron chi connectivity index (χ1n) is 4.50. The highest BCUT2D eigenvalue weighted by Crippen LogP contribution is 2.27. The second kappa shape index (κ2) is 4.83. The maximum absolute atomic E-state index is 5.88. The summed E-state index contributed by atoms with van der Waals surface area (Å²) in [6, 6.07) is 1.91. The Balaban J connectivity index is 2.95. The van der Waals surface area contributed by atoms with Gasteiger partial charge in [-0.3, -0.25) is 0 Å². The minimum absolute atomic E-state index is 0.386. The van der Waals surface area contributed by atoms with E-state index in [9.17, 15) is 0 Å². The van der Waals surface area contributed by atoms with Gasteiger partial charge in [-0.15, -0.1) is 0 Å².